The Morgan fingerprint density at radius 1 is 0.968 bits per heavy atom. The van der Waals surface area contributed by atoms with Crippen molar-refractivity contribution in [2.24, 2.45) is 10.2 Å². The second kappa shape index (κ2) is 9.18. The van der Waals surface area contributed by atoms with Crippen LogP contribution in [0, 0.1) is 11.6 Å². The number of halogens is 2. The number of nitrogens with two attached hydrogens (primary N) is 1. The summed E-state index contributed by atoms with van der Waals surface area (Å²) < 4.78 is 26.5. The van der Waals surface area contributed by atoms with E-state index in [-0.39, 0.29) is 17.5 Å². The monoisotopic (exact) mass is 420 g/mol. The minimum Gasteiger partial charge on any atom is -0.380 e. The van der Waals surface area contributed by atoms with Crippen LogP contribution in [0.15, 0.2) is 77.5 Å². The average molecular weight is 420 g/mol. The molecule has 4 rings (SSSR count). The van der Waals surface area contributed by atoms with Crippen LogP contribution in [-0.2, 0) is 6.54 Å². The first-order valence-corrected chi connectivity index (χ1v) is 9.34. The largest absolute Gasteiger partial charge is 0.380 e. The highest BCUT2D eigenvalue weighted by atomic mass is 19.2. The van der Waals surface area contributed by atoms with Crippen molar-refractivity contribution in [3.8, 4) is 0 Å². The Bertz CT molecular complexity index is 1140. The number of aromatic nitrogens is 4. The number of hydrogen-bond acceptors (Lipinski definition) is 7. The van der Waals surface area contributed by atoms with E-state index in [9.17, 15) is 8.78 Å². The van der Waals surface area contributed by atoms with E-state index in [2.05, 4.69) is 35.7 Å². The fourth-order valence-electron chi connectivity index (χ4n) is 3.00. The minimum absolute atomic E-state index is 0.141. The highest BCUT2D eigenvalue weighted by Crippen LogP contribution is 2.28. The van der Waals surface area contributed by atoms with Gasteiger partial charge in [-0.2, -0.15) is 10.2 Å². The molecule has 0 unspecified atom stereocenters. The first-order valence-electron chi connectivity index (χ1n) is 9.34. The average Bonchev–Trinajstić information content (AvgIpc) is 3.15. The minimum atomic E-state index is -1.01. The fraction of sp³-hybridized carbons (Fsp3) is 0.0952. The molecule has 3 heterocycles. The van der Waals surface area contributed by atoms with E-state index < -0.39 is 11.6 Å². The van der Waals surface area contributed by atoms with Crippen LogP contribution in [0.3, 0.4) is 0 Å². The Labute approximate surface area is 176 Å². The van der Waals surface area contributed by atoms with Gasteiger partial charge >= 0.3 is 0 Å². The van der Waals surface area contributed by atoms with Gasteiger partial charge in [0.2, 0.25) is 0 Å². The van der Waals surface area contributed by atoms with Gasteiger partial charge in [0.15, 0.2) is 23.1 Å². The number of pyridine rings is 2. The Kier molecular flexibility index (Phi) is 5.99. The number of azo groups is 1. The second-order valence-electron chi connectivity index (χ2n) is 6.62. The van der Waals surface area contributed by atoms with E-state index >= 15 is 0 Å². The topological polar surface area (TPSA) is 117 Å². The van der Waals surface area contributed by atoms with Crippen molar-refractivity contribution in [2.75, 3.05) is 5.73 Å². The lowest BCUT2D eigenvalue weighted by atomic mass is 10.0. The predicted molar refractivity (Wildman–Crippen MR) is 111 cm³/mol. The van der Waals surface area contributed by atoms with Crippen molar-refractivity contribution in [3.05, 3.63) is 95.7 Å². The van der Waals surface area contributed by atoms with Gasteiger partial charge in [-0.05, 0) is 35.4 Å². The predicted octanol–water partition coefficient (Wildman–Crippen LogP) is 4.35. The van der Waals surface area contributed by atoms with Gasteiger partial charge in [0, 0.05) is 37.4 Å². The van der Waals surface area contributed by atoms with Crippen molar-refractivity contribution in [1.29, 1.82) is 0 Å². The maximum absolute atomic E-state index is 13.4. The van der Waals surface area contributed by atoms with Crippen LogP contribution in [0.25, 0.3) is 0 Å². The zero-order chi connectivity index (χ0) is 21.6. The van der Waals surface area contributed by atoms with Crippen LogP contribution in [0.1, 0.15) is 22.9 Å². The lowest BCUT2D eigenvalue weighted by molar-refractivity contribution is 0.509. The molecule has 0 spiro atoms. The molecule has 0 atom stereocenters. The lowest BCUT2D eigenvalue weighted by Crippen LogP contribution is -2.22. The van der Waals surface area contributed by atoms with E-state index in [1.807, 2.05) is 24.3 Å². The molecule has 4 N–H and O–H groups in total. The van der Waals surface area contributed by atoms with Gasteiger partial charge in [-0.1, -0.05) is 12.1 Å². The molecule has 0 fully saturated rings. The summed E-state index contributed by atoms with van der Waals surface area (Å²) in [6.07, 6.45) is 6.96. The zero-order valence-electron chi connectivity index (χ0n) is 16.2. The van der Waals surface area contributed by atoms with Crippen LogP contribution in [0.2, 0.25) is 0 Å². The maximum Gasteiger partial charge on any atom is 0.173 e. The van der Waals surface area contributed by atoms with Crippen molar-refractivity contribution in [3.63, 3.8) is 0 Å². The van der Waals surface area contributed by atoms with Crippen LogP contribution >= 0.6 is 0 Å². The number of nitrogens with one attached hydrogen (secondary N) is 2. The van der Waals surface area contributed by atoms with Crippen molar-refractivity contribution < 1.29 is 8.78 Å². The molecule has 0 radical (unpaired) electrons. The van der Waals surface area contributed by atoms with Gasteiger partial charge in [-0.25, -0.2) is 8.78 Å². The molecule has 1 aromatic carbocycles. The third-order valence-corrected chi connectivity index (χ3v) is 4.53. The van der Waals surface area contributed by atoms with Gasteiger partial charge in [-0.15, -0.1) is 5.11 Å². The molecule has 0 aliphatic carbocycles. The summed E-state index contributed by atoms with van der Waals surface area (Å²) in [5.41, 5.74) is 8.87. The van der Waals surface area contributed by atoms with E-state index in [4.69, 9.17) is 5.73 Å². The van der Waals surface area contributed by atoms with E-state index in [1.165, 1.54) is 6.07 Å². The number of rotatable bonds is 7. The molecule has 8 nitrogen and oxygen atoms in total. The SMILES string of the molecule is Nc1n[nH]c(CNC(c2cccnc2)c2cccnc2)c1N=Nc1ccc(F)c(F)c1. The third kappa shape index (κ3) is 4.75. The molecule has 10 heteroatoms. The Balaban J connectivity index is 1.56. The van der Waals surface area contributed by atoms with Crippen molar-refractivity contribution in [1.82, 2.24) is 25.5 Å². The number of H-pyrrole nitrogens is 1. The van der Waals surface area contributed by atoms with E-state index in [1.54, 1.807) is 24.8 Å². The maximum atomic E-state index is 13.4. The molecular formula is C21H18F2N8. The van der Waals surface area contributed by atoms with Crippen molar-refractivity contribution in [2.45, 2.75) is 12.6 Å². The molecule has 0 amide bonds. The van der Waals surface area contributed by atoms with Crippen LogP contribution in [0.4, 0.5) is 26.0 Å². The van der Waals surface area contributed by atoms with Gasteiger partial charge in [0.25, 0.3) is 0 Å². The first-order chi connectivity index (χ1) is 15.1. The highest BCUT2D eigenvalue weighted by Gasteiger charge is 2.17. The molecule has 0 bridgehead atoms. The molecule has 3 aromatic heterocycles. The second-order valence-corrected chi connectivity index (χ2v) is 6.62. The molecule has 0 saturated carbocycles. The summed E-state index contributed by atoms with van der Waals surface area (Å²) >= 11 is 0. The number of benzene rings is 1. The molecule has 4 aromatic rings. The standard InChI is InChI=1S/C21H18F2N8/c22-16-6-5-15(9-17(16)23)28-30-20-18(29-31-21(20)24)12-27-19(13-3-1-7-25-10-13)14-4-2-8-26-11-14/h1-11,19,27H,12H2,(H3,24,29,31). The summed E-state index contributed by atoms with van der Waals surface area (Å²) in [6.45, 7) is 0.324. The summed E-state index contributed by atoms with van der Waals surface area (Å²) in [5.74, 6) is -1.82. The van der Waals surface area contributed by atoms with Crippen molar-refractivity contribution >= 4 is 17.2 Å². The van der Waals surface area contributed by atoms with E-state index in [0.717, 1.165) is 23.3 Å². The Morgan fingerprint density at radius 2 is 1.68 bits per heavy atom. The number of hydrogen-bond donors (Lipinski definition) is 3. The summed E-state index contributed by atoms with van der Waals surface area (Å²) in [7, 11) is 0. The summed E-state index contributed by atoms with van der Waals surface area (Å²) in [4.78, 5) is 8.39. The fourth-order valence-corrected chi connectivity index (χ4v) is 3.00. The van der Waals surface area contributed by atoms with E-state index in [0.29, 0.717) is 17.9 Å². The van der Waals surface area contributed by atoms with Gasteiger partial charge in [0.05, 0.1) is 17.4 Å². The van der Waals surface area contributed by atoms with Crippen LogP contribution in [-0.4, -0.2) is 20.2 Å². The smallest absolute Gasteiger partial charge is 0.173 e. The van der Waals surface area contributed by atoms with Crippen LogP contribution in [0.5, 0.6) is 0 Å². The molecule has 156 valence electrons. The highest BCUT2D eigenvalue weighted by molar-refractivity contribution is 5.60. The van der Waals surface area contributed by atoms with Gasteiger partial charge in [0.1, 0.15) is 0 Å². The number of anilines is 1. The summed E-state index contributed by atoms with van der Waals surface area (Å²) in [6, 6.07) is 10.7. The van der Waals surface area contributed by atoms with Crippen LogP contribution < -0.4 is 11.1 Å². The van der Waals surface area contributed by atoms with Gasteiger partial charge < -0.3 is 11.1 Å². The lowest BCUT2D eigenvalue weighted by Gasteiger charge is -2.18. The normalized spacial score (nSPS) is 11.5. The zero-order valence-corrected chi connectivity index (χ0v) is 16.2. The number of aromatic amines is 1. The Morgan fingerprint density at radius 3 is 2.29 bits per heavy atom. The molecule has 0 saturated heterocycles. The number of nitrogens with zero attached hydrogens (tertiary/aromatic N) is 5. The molecule has 31 heavy (non-hydrogen) atoms. The summed E-state index contributed by atoms with van der Waals surface area (Å²) in [5, 5.41) is 18.3. The quantitative estimate of drug-likeness (QED) is 0.384. The number of nitrogen functional groups attached to an aromatic ring is 1. The molecule has 0 aliphatic heterocycles. The first kappa shape index (κ1) is 20.2. The third-order valence-electron chi connectivity index (χ3n) is 4.53. The Hall–Kier alpha value is -4.05. The molecule has 0 aliphatic rings. The van der Waals surface area contributed by atoms with Gasteiger partial charge in [-0.3, -0.25) is 15.1 Å². The molecular weight excluding hydrogens is 402 g/mol.